The number of nitrogens with one attached hydrogen (secondary N) is 1. The Balaban J connectivity index is 2.40. The number of aromatic nitrogens is 3. The fourth-order valence-corrected chi connectivity index (χ4v) is 3.69. The average Bonchev–Trinajstić information content (AvgIpc) is 2.64. The van der Waals surface area contributed by atoms with Crippen LogP contribution < -0.4 is 10.5 Å². The van der Waals surface area contributed by atoms with Crippen LogP contribution in [0.5, 0.6) is 0 Å². The smallest absolute Gasteiger partial charge is 0.265 e. The van der Waals surface area contributed by atoms with Gasteiger partial charge in [-0.05, 0) is 32.9 Å². The predicted molar refractivity (Wildman–Crippen MR) is 80.5 cm³/mol. The Morgan fingerprint density at radius 2 is 2.05 bits per heavy atom. The Morgan fingerprint density at radius 3 is 2.67 bits per heavy atom. The number of hydrogen-bond donors (Lipinski definition) is 2. The molecule has 21 heavy (non-hydrogen) atoms. The van der Waals surface area contributed by atoms with Crippen molar-refractivity contribution < 1.29 is 8.42 Å². The molecule has 0 fully saturated rings. The van der Waals surface area contributed by atoms with Gasteiger partial charge in [-0.1, -0.05) is 0 Å². The Bertz CT molecular complexity index is 752. The minimum Gasteiger partial charge on any atom is -0.329 e. The topological polar surface area (TPSA) is 103 Å². The second-order valence-corrected chi connectivity index (χ2v) is 6.42. The van der Waals surface area contributed by atoms with E-state index in [0.29, 0.717) is 30.2 Å². The van der Waals surface area contributed by atoms with Crippen molar-refractivity contribution in [2.24, 2.45) is 5.73 Å². The summed E-state index contributed by atoms with van der Waals surface area (Å²) in [4.78, 5) is 4.24. The average molecular weight is 309 g/mol. The first-order valence-electron chi connectivity index (χ1n) is 6.54. The van der Waals surface area contributed by atoms with Crippen LogP contribution in [0.1, 0.15) is 17.1 Å². The van der Waals surface area contributed by atoms with Gasteiger partial charge in [-0.15, -0.1) is 0 Å². The van der Waals surface area contributed by atoms with Gasteiger partial charge in [0.25, 0.3) is 10.0 Å². The highest BCUT2D eigenvalue weighted by Gasteiger charge is 2.24. The summed E-state index contributed by atoms with van der Waals surface area (Å²) in [6, 6.07) is 3.28. The van der Waals surface area contributed by atoms with E-state index in [9.17, 15) is 8.42 Å². The molecule has 0 bridgehead atoms. The summed E-state index contributed by atoms with van der Waals surface area (Å²) in [5, 5.41) is 4.23. The number of hydrogen-bond acceptors (Lipinski definition) is 5. The molecule has 114 valence electrons. The predicted octanol–water partition coefficient (Wildman–Crippen LogP) is 0.963. The van der Waals surface area contributed by atoms with Gasteiger partial charge in [0.05, 0.1) is 23.6 Å². The van der Waals surface area contributed by atoms with Crippen LogP contribution in [-0.2, 0) is 16.6 Å². The van der Waals surface area contributed by atoms with Crippen LogP contribution >= 0.6 is 0 Å². The molecule has 0 aromatic carbocycles. The van der Waals surface area contributed by atoms with Gasteiger partial charge >= 0.3 is 0 Å². The van der Waals surface area contributed by atoms with Crippen LogP contribution in [0, 0.1) is 20.8 Å². The standard InChI is InChI=1S/C13H19N5O2S/c1-9-8-12(4-6-15-9)17-21(19,20)13-10(2)16-18(7-5-14)11(13)3/h4,6,8H,5,7,14H2,1-3H3,(H,15,17). The van der Waals surface area contributed by atoms with Crippen molar-refractivity contribution >= 4 is 15.7 Å². The first-order chi connectivity index (χ1) is 9.85. The molecule has 2 heterocycles. The van der Waals surface area contributed by atoms with Crippen molar-refractivity contribution in [1.82, 2.24) is 14.8 Å². The lowest BCUT2D eigenvalue weighted by Gasteiger charge is -2.09. The third-order valence-corrected chi connectivity index (χ3v) is 4.71. The fourth-order valence-electron chi connectivity index (χ4n) is 2.22. The summed E-state index contributed by atoms with van der Waals surface area (Å²) < 4.78 is 29.3. The van der Waals surface area contributed by atoms with Gasteiger partial charge in [0.15, 0.2) is 0 Å². The van der Waals surface area contributed by atoms with Gasteiger partial charge in [0.2, 0.25) is 0 Å². The van der Waals surface area contributed by atoms with Crippen molar-refractivity contribution in [2.75, 3.05) is 11.3 Å². The molecule has 2 aromatic rings. The zero-order chi connectivity index (χ0) is 15.6. The lowest BCUT2D eigenvalue weighted by molar-refractivity contribution is 0.593. The molecule has 0 spiro atoms. The van der Waals surface area contributed by atoms with E-state index in [1.165, 1.54) is 0 Å². The van der Waals surface area contributed by atoms with E-state index in [1.54, 1.807) is 43.8 Å². The van der Waals surface area contributed by atoms with Crippen LogP contribution in [0.2, 0.25) is 0 Å². The quantitative estimate of drug-likeness (QED) is 0.856. The molecule has 0 saturated heterocycles. The molecule has 0 unspecified atom stereocenters. The maximum atomic E-state index is 12.6. The number of nitrogens with two attached hydrogens (primary N) is 1. The molecular formula is C13H19N5O2S. The van der Waals surface area contributed by atoms with E-state index in [-0.39, 0.29) is 4.90 Å². The zero-order valence-corrected chi connectivity index (χ0v) is 13.1. The van der Waals surface area contributed by atoms with E-state index in [1.807, 2.05) is 0 Å². The maximum Gasteiger partial charge on any atom is 0.265 e. The maximum absolute atomic E-state index is 12.6. The minimum atomic E-state index is -3.69. The van der Waals surface area contributed by atoms with Crippen LogP contribution in [0.3, 0.4) is 0 Å². The molecular weight excluding hydrogens is 290 g/mol. The van der Waals surface area contributed by atoms with E-state index >= 15 is 0 Å². The summed E-state index contributed by atoms with van der Waals surface area (Å²) in [6.45, 7) is 6.08. The largest absolute Gasteiger partial charge is 0.329 e. The van der Waals surface area contributed by atoms with E-state index < -0.39 is 10.0 Å². The molecule has 0 saturated carbocycles. The SMILES string of the molecule is Cc1cc(NS(=O)(=O)c2c(C)nn(CCN)c2C)ccn1. The molecule has 0 amide bonds. The highest BCUT2D eigenvalue weighted by molar-refractivity contribution is 7.92. The van der Waals surface area contributed by atoms with Crippen molar-refractivity contribution in [3.05, 3.63) is 35.4 Å². The van der Waals surface area contributed by atoms with Crippen molar-refractivity contribution in [1.29, 1.82) is 0 Å². The minimum absolute atomic E-state index is 0.199. The number of anilines is 1. The Hall–Kier alpha value is -1.93. The lowest BCUT2D eigenvalue weighted by atomic mass is 10.3. The number of aryl methyl sites for hydroxylation is 2. The normalized spacial score (nSPS) is 11.6. The van der Waals surface area contributed by atoms with Crippen molar-refractivity contribution in [2.45, 2.75) is 32.2 Å². The van der Waals surface area contributed by atoms with Gasteiger partial charge in [-0.3, -0.25) is 14.4 Å². The van der Waals surface area contributed by atoms with Gasteiger partial charge in [0.1, 0.15) is 4.90 Å². The molecule has 3 N–H and O–H groups in total. The van der Waals surface area contributed by atoms with Crippen molar-refractivity contribution in [3.8, 4) is 0 Å². The first kappa shape index (κ1) is 15.5. The van der Waals surface area contributed by atoms with Crippen LogP contribution in [-0.4, -0.2) is 29.7 Å². The fraction of sp³-hybridized carbons (Fsp3) is 0.385. The first-order valence-corrected chi connectivity index (χ1v) is 8.03. The molecule has 0 radical (unpaired) electrons. The summed E-state index contributed by atoms with van der Waals surface area (Å²) >= 11 is 0. The number of rotatable bonds is 5. The van der Waals surface area contributed by atoms with Gasteiger partial charge in [-0.25, -0.2) is 8.42 Å². The van der Waals surface area contributed by atoms with Crippen LogP contribution in [0.15, 0.2) is 23.2 Å². The Morgan fingerprint density at radius 1 is 1.33 bits per heavy atom. The van der Waals surface area contributed by atoms with Crippen molar-refractivity contribution in [3.63, 3.8) is 0 Å². The number of pyridine rings is 1. The summed E-state index contributed by atoms with van der Waals surface area (Å²) in [7, 11) is -3.69. The third kappa shape index (κ3) is 3.22. The van der Waals surface area contributed by atoms with Gasteiger partial charge in [-0.2, -0.15) is 5.10 Å². The molecule has 0 aliphatic heterocycles. The van der Waals surface area contributed by atoms with Crippen LogP contribution in [0.4, 0.5) is 5.69 Å². The molecule has 0 aliphatic rings. The third-order valence-electron chi connectivity index (χ3n) is 3.07. The number of sulfonamides is 1. The highest BCUT2D eigenvalue weighted by atomic mass is 32.2. The summed E-state index contributed by atoms with van der Waals surface area (Å²) in [5.74, 6) is 0. The molecule has 0 atom stereocenters. The molecule has 7 nitrogen and oxygen atoms in total. The second kappa shape index (κ2) is 5.82. The van der Waals surface area contributed by atoms with E-state index in [0.717, 1.165) is 5.69 Å². The molecule has 2 rings (SSSR count). The molecule has 2 aromatic heterocycles. The second-order valence-electron chi connectivity index (χ2n) is 4.80. The lowest BCUT2D eigenvalue weighted by Crippen LogP contribution is -2.16. The molecule has 8 heteroatoms. The Labute approximate surface area is 124 Å². The number of nitrogens with zero attached hydrogens (tertiary/aromatic N) is 3. The zero-order valence-electron chi connectivity index (χ0n) is 12.3. The monoisotopic (exact) mass is 309 g/mol. The Kier molecular flexibility index (Phi) is 4.29. The van der Waals surface area contributed by atoms with Crippen LogP contribution in [0.25, 0.3) is 0 Å². The van der Waals surface area contributed by atoms with Gasteiger partial charge < -0.3 is 5.73 Å². The summed E-state index contributed by atoms with van der Waals surface area (Å²) in [5.41, 5.74) is 7.76. The van der Waals surface area contributed by atoms with E-state index in [2.05, 4.69) is 14.8 Å². The summed E-state index contributed by atoms with van der Waals surface area (Å²) in [6.07, 6.45) is 1.56. The van der Waals surface area contributed by atoms with E-state index in [4.69, 9.17) is 5.73 Å². The molecule has 0 aliphatic carbocycles. The van der Waals surface area contributed by atoms with Gasteiger partial charge in [0, 0.05) is 18.4 Å². The highest BCUT2D eigenvalue weighted by Crippen LogP contribution is 2.22.